The van der Waals surface area contributed by atoms with E-state index in [1.54, 1.807) is 24.3 Å². The Hall–Kier alpha value is -7.43. The monoisotopic (exact) mass is 714 g/mol. The highest BCUT2D eigenvalue weighted by Gasteiger charge is 2.15. The van der Waals surface area contributed by atoms with Crippen LogP contribution in [0.25, 0.3) is 95.0 Å². The smallest absolute Gasteiger partial charge is 0.164 e. The van der Waals surface area contributed by atoms with Gasteiger partial charge in [0.25, 0.3) is 0 Å². The van der Waals surface area contributed by atoms with E-state index in [9.17, 15) is 4.11 Å². The molecule has 0 atom stereocenters. The van der Waals surface area contributed by atoms with Gasteiger partial charge in [-0.15, -0.1) is 0 Å². The van der Waals surface area contributed by atoms with E-state index in [2.05, 4.69) is 36.4 Å². The first-order valence-corrected chi connectivity index (χ1v) is 17.5. The summed E-state index contributed by atoms with van der Waals surface area (Å²) in [6, 6.07) is 35.6. The third-order valence-corrected chi connectivity index (χ3v) is 9.44. The minimum Gasteiger partial charge on any atom is -0.309 e. The second-order valence-corrected chi connectivity index (χ2v) is 12.8. The molecule has 0 spiro atoms. The van der Waals surface area contributed by atoms with E-state index < -0.39 is 72.2 Å². The van der Waals surface area contributed by atoms with Crippen molar-refractivity contribution in [3.63, 3.8) is 0 Å². The SMILES string of the molecule is [2H]c1c([2H])c([2H])c(-n2c3c([2H])c([2H])c([2H])c([2H])c3c3c([2H])c(-c4ccc(-c5nc(-c6ccccc6)nc(-c6ccc(-c7ccc(-c8ccccc8)cc7)cc6)n5)cc4)c([2H])c([2H])c32)c([2H])c1[2H]. The first-order chi connectivity index (χ1) is 32.2. The largest absolute Gasteiger partial charge is 0.309 e. The van der Waals surface area contributed by atoms with Crippen molar-refractivity contribution in [2.45, 2.75) is 0 Å². The molecule has 8 aromatic carbocycles. The van der Waals surface area contributed by atoms with E-state index in [0.29, 0.717) is 28.6 Å². The highest BCUT2D eigenvalue weighted by molar-refractivity contribution is 6.10. The second kappa shape index (κ2) is 13.8. The first-order valence-electron chi connectivity index (χ1n) is 23.5. The van der Waals surface area contributed by atoms with E-state index >= 15 is 0 Å². The number of hydrogen-bond donors (Lipinski definition) is 0. The molecule has 0 unspecified atom stereocenters. The molecule has 0 saturated heterocycles. The maximum Gasteiger partial charge on any atom is 0.164 e. The predicted molar refractivity (Wildman–Crippen MR) is 227 cm³/mol. The lowest BCUT2D eigenvalue weighted by Gasteiger charge is -2.10. The number of benzene rings is 8. The van der Waals surface area contributed by atoms with E-state index in [0.717, 1.165) is 37.9 Å². The van der Waals surface area contributed by atoms with Crippen molar-refractivity contribution < 1.29 is 16.4 Å². The van der Waals surface area contributed by atoms with Gasteiger partial charge in [0.15, 0.2) is 17.5 Å². The number of fused-ring (bicyclic) bond motifs is 3. The van der Waals surface area contributed by atoms with Crippen LogP contribution in [0, 0.1) is 0 Å². The summed E-state index contributed by atoms with van der Waals surface area (Å²) in [6.07, 6.45) is 0. The number of rotatable bonds is 7. The van der Waals surface area contributed by atoms with Crippen molar-refractivity contribution in [1.29, 1.82) is 0 Å². The van der Waals surface area contributed by atoms with Crippen LogP contribution in [-0.2, 0) is 0 Å². The van der Waals surface area contributed by atoms with Crippen molar-refractivity contribution in [2.75, 3.05) is 0 Å². The molecule has 0 bridgehead atoms. The maximum absolute atomic E-state index is 9.57. The Morgan fingerprint density at radius 1 is 0.327 bits per heavy atom. The third kappa shape index (κ3) is 6.16. The molecule has 2 heterocycles. The van der Waals surface area contributed by atoms with Crippen LogP contribution < -0.4 is 0 Å². The van der Waals surface area contributed by atoms with Gasteiger partial charge in [-0.3, -0.25) is 0 Å². The van der Waals surface area contributed by atoms with Crippen LogP contribution in [0.15, 0.2) is 206 Å². The van der Waals surface area contributed by atoms with Crippen LogP contribution in [0.2, 0.25) is 0 Å². The third-order valence-electron chi connectivity index (χ3n) is 9.44. The van der Waals surface area contributed by atoms with E-state index in [-0.39, 0.29) is 33.4 Å². The lowest BCUT2D eigenvalue weighted by molar-refractivity contribution is 1.07. The standard InChI is InChI=1S/C51H34N4/c1-4-12-35(13-5-1)36-20-22-37(23-21-36)38-24-28-41(29-25-38)50-52-49(40-14-6-2-7-15-40)53-51(54-50)42-30-26-39(27-31-42)43-32-33-48-46(34-43)45-18-10-11-19-47(45)55(48)44-16-8-3-9-17-44/h1-34H/i3D,8D,9D,10D,11D,16D,17D,18D,19D,32D,33D,34D. The van der Waals surface area contributed by atoms with Gasteiger partial charge in [0.1, 0.15) is 0 Å². The highest BCUT2D eigenvalue weighted by atomic mass is 15.0. The number of nitrogens with zero attached hydrogens (tertiary/aromatic N) is 4. The topological polar surface area (TPSA) is 43.6 Å². The minimum absolute atomic E-state index is 0.0207. The summed E-state index contributed by atoms with van der Waals surface area (Å²) in [5.74, 6) is 1.23. The summed E-state index contributed by atoms with van der Waals surface area (Å²) in [7, 11) is 0. The molecule has 55 heavy (non-hydrogen) atoms. The molecule has 0 saturated carbocycles. The number of para-hydroxylation sites is 2. The van der Waals surface area contributed by atoms with E-state index in [4.69, 9.17) is 27.3 Å². The van der Waals surface area contributed by atoms with Gasteiger partial charge in [-0.25, -0.2) is 15.0 Å². The maximum atomic E-state index is 9.57. The van der Waals surface area contributed by atoms with Crippen molar-refractivity contribution in [3.8, 4) is 73.2 Å². The van der Waals surface area contributed by atoms with Gasteiger partial charge < -0.3 is 4.57 Å². The summed E-state index contributed by atoms with van der Waals surface area (Å²) in [6.45, 7) is 0. The molecule has 4 nitrogen and oxygen atoms in total. The second-order valence-electron chi connectivity index (χ2n) is 12.8. The number of aromatic nitrogens is 4. The van der Waals surface area contributed by atoms with Gasteiger partial charge in [-0.1, -0.05) is 176 Å². The van der Waals surface area contributed by atoms with Crippen LogP contribution in [0.3, 0.4) is 0 Å². The molecule has 10 rings (SSSR count). The molecule has 0 aliphatic carbocycles. The van der Waals surface area contributed by atoms with Gasteiger partial charge in [-0.2, -0.15) is 0 Å². The zero-order valence-electron chi connectivity index (χ0n) is 41.0. The fourth-order valence-corrected chi connectivity index (χ4v) is 6.67. The zero-order valence-corrected chi connectivity index (χ0v) is 29.0. The summed E-state index contributed by atoms with van der Waals surface area (Å²) in [5.41, 5.74) is 5.74. The Bertz CT molecular complexity index is 3590. The number of hydrogen-bond acceptors (Lipinski definition) is 3. The average Bonchev–Trinajstić information content (AvgIpc) is 3.72. The Morgan fingerprint density at radius 2 is 0.727 bits per heavy atom. The Balaban J connectivity index is 1.09. The molecule has 4 heteroatoms. The van der Waals surface area contributed by atoms with Gasteiger partial charge in [0.05, 0.1) is 27.5 Å². The van der Waals surface area contributed by atoms with Crippen LogP contribution in [0.1, 0.15) is 16.4 Å². The summed E-state index contributed by atoms with van der Waals surface area (Å²) in [4.78, 5) is 14.6. The van der Waals surface area contributed by atoms with Crippen molar-refractivity contribution in [3.05, 3.63) is 206 Å². The summed E-state index contributed by atoms with van der Waals surface area (Å²) >= 11 is 0. The lowest BCUT2D eigenvalue weighted by atomic mass is 9.99. The van der Waals surface area contributed by atoms with E-state index in [1.807, 2.05) is 72.8 Å². The van der Waals surface area contributed by atoms with Crippen LogP contribution >= 0.6 is 0 Å². The molecule has 0 N–H and O–H groups in total. The predicted octanol–water partition coefficient (Wildman–Crippen LogP) is 13.0. The van der Waals surface area contributed by atoms with Gasteiger partial charge in [-0.05, 0) is 63.6 Å². The van der Waals surface area contributed by atoms with Crippen LogP contribution in [0.4, 0.5) is 0 Å². The first kappa shape index (κ1) is 21.9. The van der Waals surface area contributed by atoms with Crippen LogP contribution in [-0.4, -0.2) is 19.5 Å². The lowest BCUT2D eigenvalue weighted by Crippen LogP contribution is -2.00. The Morgan fingerprint density at radius 3 is 1.27 bits per heavy atom. The Kier molecular flexibility index (Phi) is 5.52. The molecular weight excluding hydrogens is 669 g/mol. The zero-order chi connectivity index (χ0) is 47.0. The summed E-state index contributed by atoms with van der Waals surface area (Å²) < 4.78 is 106. The highest BCUT2D eigenvalue weighted by Crippen LogP contribution is 2.36. The normalized spacial score (nSPS) is 14.3. The molecule has 0 fully saturated rings. The molecule has 10 aromatic rings. The van der Waals surface area contributed by atoms with Crippen molar-refractivity contribution >= 4 is 21.8 Å². The van der Waals surface area contributed by atoms with Crippen molar-refractivity contribution in [1.82, 2.24) is 19.5 Å². The quantitative estimate of drug-likeness (QED) is 0.165. The molecule has 0 amide bonds. The van der Waals surface area contributed by atoms with Gasteiger partial charge in [0, 0.05) is 33.2 Å². The fourth-order valence-electron chi connectivity index (χ4n) is 6.67. The van der Waals surface area contributed by atoms with Gasteiger partial charge in [0.2, 0.25) is 0 Å². The molecule has 258 valence electrons. The fraction of sp³-hybridized carbons (Fsp3) is 0. The molecule has 2 aromatic heterocycles. The van der Waals surface area contributed by atoms with Crippen LogP contribution in [0.5, 0.6) is 0 Å². The molecule has 0 aliphatic heterocycles. The molecule has 0 aliphatic rings. The minimum atomic E-state index is -0.701. The van der Waals surface area contributed by atoms with Gasteiger partial charge >= 0.3 is 0 Å². The van der Waals surface area contributed by atoms with E-state index in [1.165, 1.54) is 0 Å². The average molecular weight is 715 g/mol. The van der Waals surface area contributed by atoms with Crippen molar-refractivity contribution in [2.24, 2.45) is 0 Å². The summed E-state index contributed by atoms with van der Waals surface area (Å²) in [5, 5.41) is -0.331. The Labute approximate surface area is 336 Å². The molecular formula is C51H34N4. The molecule has 0 radical (unpaired) electrons.